The number of non-ortho nitro benzene ring substituents is 1. The average molecular weight is 416 g/mol. The van der Waals surface area contributed by atoms with E-state index in [-0.39, 0.29) is 6.04 Å². The zero-order valence-corrected chi connectivity index (χ0v) is 15.6. The number of nitrogens with one attached hydrogen (secondary N) is 2. The van der Waals surface area contributed by atoms with Crippen molar-refractivity contribution in [2.24, 2.45) is 0 Å². The maximum absolute atomic E-state index is 13.2. The summed E-state index contributed by atoms with van der Waals surface area (Å²) >= 11 is 5.83. The number of hydrogen-bond donors (Lipinski definition) is 2. The lowest BCUT2D eigenvalue weighted by Crippen LogP contribution is -2.39. The molecule has 0 saturated carbocycles. The molecule has 2 atom stereocenters. The second-order valence-electron chi connectivity index (χ2n) is 6.14. The molecule has 150 valence electrons. The number of nitro benzene ring substituents is 1. The number of carbonyl (C=O) groups excluding carboxylic acids is 1. The van der Waals surface area contributed by atoms with Crippen LogP contribution in [0.5, 0.6) is 0 Å². The predicted molar refractivity (Wildman–Crippen MR) is 99.2 cm³/mol. The number of rotatable bonds is 6. The van der Waals surface area contributed by atoms with Crippen molar-refractivity contribution in [3.05, 3.63) is 68.7 Å². The van der Waals surface area contributed by atoms with Crippen LogP contribution in [0.25, 0.3) is 0 Å². The van der Waals surface area contributed by atoms with Crippen LogP contribution in [0.2, 0.25) is 5.02 Å². The van der Waals surface area contributed by atoms with Gasteiger partial charge < -0.3 is 5.32 Å². The summed E-state index contributed by atoms with van der Waals surface area (Å²) in [7, 11) is 0. The molecule has 0 spiro atoms. The molecular formula is C18H17ClF3N3O3. The molecule has 2 aromatic rings. The molecule has 2 aromatic carbocycles. The zero-order chi connectivity index (χ0) is 21.1. The monoisotopic (exact) mass is 415 g/mol. The first-order valence-electron chi connectivity index (χ1n) is 8.17. The molecule has 0 aliphatic heterocycles. The fourth-order valence-corrected chi connectivity index (χ4v) is 2.65. The number of anilines is 1. The number of hydrogen-bond acceptors (Lipinski definition) is 4. The largest absolute Gasteiger partial charge is 0.418 e. The van der Waals surface area contributed by atoms with Crippen LogP contribution in [-0.4, -0.2) is 16.9 Å². The topological polar surface area (TPSA) is 84.3 Å². The standard InChI is InChI=1S/C18H17ClF3N3O3/c1-10(12-3-5-13(19)6-4-12)23-11(2)17(26)24-16-8-7-14(25(27)28)9-15(16)18(20,21)22/h3-11,23H,1-2H3,(H,24,26)/t10-,11+/m0/s1. The van der Waals surface area contributed by atoms with Gasteiger partial charge in [-0.25, -0.2) is 0 Å². The average Bonchev–Trinajstić information content (AvgIpc) is 2.61. The molecule has 0 aliphatic rings. The first kappa shape index (κ1) is 21.6. The molecule has 0 bridgehead atoms. The smallest absolute Gasteiger partial charge is 0.324 e. The molecule has 2 N–H and O–H groups in total. The van der Waals surface area contributed by atoms with Gasteiger partial charge in [0, 0.05) is 23.2 Å². The highest BCUT2D eigenvalue weighted by Crippen LogP contribution is 2.37. The fourth-order valence-electron chi connectivity index (χ4n) is 2.53. The molecule has 0 aliphatic carbocycles. The summed E-state index contributed by atoms with van der Waals surface area (Å²) in [5.74, 6) is -0.708. The lowest BCUT2D eigenvalue weighted by atomic mass is 10.1. The Kier molecular flexibility index (Phi) is 6.63. The van der Waals surface area contributed by atoms with Gasteiger partial charge in [0.2, 0.25) is 5.91 Å². The normalized spacial score (nSPS) is 13.6. The Morgan fingerprint density at radius 3 is 2.29 bits per heavy atom. The highest BCUT2D eigenvalue weighted by molar-refractivity contribution is 6.30. The highest BCUT2D eigenvalue weighted by atomic mass is 35.5. The summed E-state index contributed by atoms with van der Waals surface area (Å²) in [4.78, 5) is 22.1. The van der Waals surface area contributed by atoms with Crippen molar-refractivity contribution in [1.82, 2.24) is 5.32 Å². The molecular weight excluding hydrogens is 399 g/mol. The molecule has 1 amide bonds. The van der Waals surface area contributed by atoms with Gasteiger partial charge in [0.05, 0.1) is 22.2 Å². The van der Waals surface area contributed by atoms with E-state index in [1.165, 1.54) is 6.92 Å². The van der Waals surface area contributed by atoms with E-state index in [0.717, 1.165) is 17.7 Å². The van der Waals surface area contributed by atoms with Crippen molar-refractivity contribution in [2.75, 3.05) is 5.32 Å². The SMILES string of the molecule is C[C@H](N[C@H](C)C(=O)Nc1ccc([N+](=O)[O-])cc1C(F)(F)F)c1ccc(Cl)cc1. The maximum atomic E-state index is 13.2. The van der Waals surface area contributed by atoms with Gasteiger partial charge in [0.25, 0.3) is 5.69 Å². The molecule has 0 unspecified atom stereocenters. The van der Waals surface area contributed by atoms with Crippen LogP contribution in [0.15, 0.2) is 42.5 Å². The summed E-state index contributed by atoms with van der Waals surface area (Å²) in [6, 6.07) is 7.97. The number of carbonyl (C=O) groups is 1. The van der Waals surface area contributed by atoms with E-state index >= 15 is 0 Å². The van der Waals surface area contributed by atoms with Crippen LogP contribution in [0.1, 0.15) is 31.0 Å². The van der Waals surface area contributed by atoms with E-state index in [0.29, 0.717) is 11.1 Å². The van der Waals surface area contributed by atoms with E-state index in [9.17, 15) is 28.1 Å². The molecule has 6 nitrogen and oxygen atoms in total. The molecule has 0 fully saturated rings. The Balaban J connectivity index is 2.15. The molecule has 0 heterocycles. The third-order valence-corrected chi connectivity index (χ3v) is 4.29. The van der Waals surface area contributed by atoms with E-state index in [1.807, 2.05) is 0 Å². The van der Waals surface area contributed by atoms with Gasteiger partial charge in [-0.1, -0.05) is 23.7 Å². The van der Waals surface area contributed by atoms with Crippen molar-refractivity contribution in [2.45, 2.75) is 32.1 Å². The summed E-state index contributed by atoms with van der Waals surface area (Å²) in [5.41, 5.74) is -1.70. The zero-order valence-electron chi connectivity index (χ0n) is 14.9. The molecule has 0 aromatic heterocycles. The minimum Gasteiger partial charge on any atom is -0.324 e. The number of halogens is 4. The lowest BCUT2D eigenvalue weighted by molar-refractivity contribution is -0.385. The van der Waals surface area contributed by atoms with E-state index in [4.69, 9.17) is 11.6 Å². The van der Waals surface area contributed by atoms with Crippen molar-refractivity contribution in [1.29, 1.82) is 0 Å². The highest BCUT2D eigenvalue weighted by Gasteiger charge is 2.36. The Bertz CT molecular complexity index is 873. The third kappa shape index (κ3) is 5.43. The van der Waals surface area contributed by atoms with E-state index < -0.39 is 40.0 Å². The van der Waals surface area contributed by atoms with Gasteiger partial charge in [-0.15, -0.1) is 0 Å². The molecule has 2 rings (SSSR count). The van der Waals surface area contributed by atoms with Gasteiger partial charge in [0.15, 0.2) is 0 Å². The van der Waals surface area contributed by atoms with Crippen molar-refractivity contribution >= 4 is 28.9 Å². The number of amides is 1. The quantitative estimate of drug-likeness (QED) is 0.516. The second-order valence-corrected chi connectivity index (χ2v) is 6.57. The Labute approximate surface area is 163 Å². The Morgan fingerprint density at radius 2 is 1.75 bits per heavy atom. The minimum absolute atomic E-state index is 0.267. The summed E-state index contributed by atoms with van der Waals surface area (Å²) in [6.07, 6.45) is -4.86. The van der Waals surface area contributed by atoms with Crippen LogP contribution in [0.3, 0.4) is 0 Å². The summed E-state index contributed by atoms with van der Waals surface area (Å²) < 4.78 is 39.6. The van der Waals surface area contributed by atoms with Crippen molar-refractivity contribution in [3.8, 4) is 0 Å². The first-order valence-corrected chi connectivity index (χ1v) is 8.55. The van der Waals surface area contributed by atoms with Gasteiger partial charge >= 0.3 is 6.18 Å². The molecule has 0 saturated heterocycles. The van der Waals surface area contributed by atoms with Gasteiger partial charge in [-0.3, -0.25) is 20.2 Å². The third-order valence-electron chi connectivity index (χ3n) is 4.04. The molecule has 0 radical (unpaired) electrons. The van der Waals surface area contributed by atoms with Gasteiger partial charge in [-0.2, -0.15) is 13.2 Å². The predicted octanol–water partition coefficient (Wildman–Crippen LogP) is 4.94. The van der Waals surface area contributed by atoms with Crippen LogP contribution in [-0.2, 0) is 11.0 Å². The first-order chi connectivity index (χ1) is 13.0. The van der Waals surface area contributed by atoms with E-state index in [1.54, 1.807) is 31.2 Å². The Morgan fingerprint density at radius 1 is 1.14 bits per heavy atom. The van der Waals surface area contributed by atoms with E-state index in [2.05, 4.69) is 10.6 Å². The van der Waals surface area contributed by atoms with Gasteiger partial charge in [0.1, 0.15) is 0 Å². The van der Waals surface area contributed by atoms with Crippen LogP contribution < -0.4 is 10.6 Å². The molecule has 10 heteroatoms. The number of nitro groups is 1. The lowest BCUT2D eigenvalue weighted by Gasteiger charge is -2.21. The summed E-state index contributed by atoms with van der Waals surface area (Å²) in [6.45, 7) is 3.29. The second kappa shape index (κ2) is 8.57. The Hall–Kier alpha value is -2.65. The van der Waals surface area contributed by atoms with Crippen molar-refractivity contribution < 1.29 is 22.9 Å². The fraction of sp³-hybridized carbons (Fsp3) is 0.278. The number of nitrogens with zero attached hydrogens (tertiary/aromatic N) is 1. The minimum atomic E-state index is -4.86. The van der Waals surface area contributed by atoms with Crippen molar-refractivity contribution in [3.63, 3.8) is 0 Å². The van der Waals surface area contributed by atoms with Crippen LogP contribution in [0.4, 0.5) is 24.5 Å². The van der Waals surface area contributed by atoms with Gasteiger partial charge in [-0.05, 0) is 37.6 Å². The maximum Gasteiger partial charge on any atom is 0.418 e. The number of alkyl halides is 3. The van der Waals surface area contributed by atoms with Crippen LogP contribution >= 0.6 is 11.6 Å². The van der Waals surface area contributed by atoms with Crippen LogP contribution in [0, 0.1) is 10.1 Å². The molecule has 28 heavy (non-hydrogen) atoms. The summed E-state index contributed by atoms with van der Waals surface area (Å²) in [5, 5.41) is 16.4. The number of benzene rings is 2.